The smallest absolute Gasteiger partial charge is 0.244 e. The van der Waals surface area contributed by atoms with E-state index in [4.69, 9.17) is 16.1 Å². The highest BCUT2D eigenvalue weighted by molar-refractivity contribution is 7.89. The predicted octanol–water partition coefficient (Wildman–Crippen LogP) is 2.77. The van der Waals surface area contributed by atoms with Crippen LogP contribution < -0.4 is 0 Å². The molecule has 1 aliphatic rings. The summed E-state index contributed by atoms with van der Waals surface area (Å²) in [6.45, 7) is 4.59. The topological polar surface area (TPSA) is 76.3 Å². The molecule has 6 nitrogen and oxygen atoms in total. The lowest BCUT2D eigenvalue weighted by Crippen LogP contribution is -2.44. The number of hydrogen-bond acceptors (Lipinski definition) is 5. The molecular formula is C15H18ClN3O3S. The van der Waals surface area contributed by atoms with Gasteiger partial charge in [-0.25, -0.2) is 8.42 Å². The zero-order valence-corrected chi connectivity index (χ0v) is 14.6. The molecule has 1 fully saturated rings. The van der Waals surface area contributed by atoms with Crippen molar-refractivity contribution in [1.82, 2.24) is 14.4 Å². The van der Waals surface area contributed by atoms with Crippen molar-refractivity contribution in [1.29, 1.82) is 0 Å². The van der Waals surface area contributed by atoms with E-state index in [9.17, 15) is 8.42 Å². The minimum absolute atomic E-state index is 0.153. The molecule has 0 radical (unpaired) electrons. The second-order valence-corrected chi connectivity index (χ2v) is 8.35. The Hall–Kier alpha value is -1.44. The number of aryl methyl sites for hydroxylation is 1. The lowest BCUT2D eigenvalue weighted by atomic mass is 9.80. The van der Waals surface area contributed by atoms with Crippen molar-refractivity contribution in [2.75, 3.05) is 13.1 Å². The number of halogens is 1. The van der Waals surface area contributed by atoms with E-state index in [0.717, 1.165) is 0 Å². The van der Waals surface area contributed by atoms with Crippen molar-refractivity contribution in [3.63, 3.8) is 0 Å². The van der Waals surface area contributed by atoms with Crippen LogP contribution in [0, 0.1) is 6.92 Å². The van der Waals surface area contributed by atoms with Crippen molar-refractivity contribution >= 4 is 21.6 Å². The van der Waals surface area contributed by atoms with E-state index in [1.807, 2.05) is 6.92 Å². The molecule has 124 valence electrons. The number of aromatic nitrogens is 2. The van der Waals surface area contributed by atoms with Gasteiger partial charge in [0, 0.05) is 25.4 Å². The largest absolute Gasteiger partial charge is 0.340 e. The molecule has 1 aliphatic heterocycles. The van der Waals surface area contributed by atoms with Crippen LogP contribution in [0.2, 0.25) is 5.02 Å². The van der Waals surface area contributed by atoms with E-state index in [1.54, 1.807) is 25.1 Å². The van der Waals surface area contributed by atoms with Crippen LogP contribution in [0.25, 0.3) is 0 Å². The highest BCUT2D eigenvalue weighted by Crippen LogP contribution is 2.35. The standard InChI is InChI=1S/C15H18ClN3O3S/c1-11-17-14(18-22-11)15(2)7-9-19(10-8-15)23(20,21)13-6-4-3-5-12(13)16/h3-6H,7-10H2,1-2H3. The monoisotopic (exact) mass is 355 g/mol. The third-order valence-electron chi connectivity index (χ3n) is 4.35. The minimum Gasteiger partial charge on any atom is -0.340 e. The van der Waals surface area contributed by atoms with E-state index in [2.05, 4.69) is 10.1 Å². The molecule has 1 saturated heterocycles. The molecule has 0 atom stereocenters. The maximum Gasteiger partial charge on any atom is 0.244 e. The summed E-state index contributed by atoms with van der Waals surface area (Å²) in [7, 11) is -3.58. The van der Waals surface area contributed by atoms with E-state index < -0.39 is 10.0 Å². The lowest BCUT2D eigenvalue weighted by molar-refractivity contribution is 0.233. The first kappa shape index (κ1) is 16.4. The second kappa shape index (κ2) is 5.89. The molecule has 0 amide bonds. The first-order valence-corrected chi connectivity index (χ1v) is 9.20. The third kappa shape index (κ3) is 3.00. The van der Waals surface area contributed by atoms with E-state index in [0.29, 0.717) is 37.6 Å². The van der Waals surface area contributed by atoms with Crippen LogP contribution in [-0.4, -0.2) is 36.0 Å². The van der Waals surface area contributed by atoms with Gasteiger partial charge in [0.05, 0.1) is 5.02 Å². The van der Waals surface area contributed by atoms with Gasteiger partial charge in [0.2, 0.25) is 15.9 Å². The van der Waals surface area contributed by atoms with Crippen molar-refractivity contribution in [2.24, 2.45) is 0 Å². The van der Waals surface area contributed by atoms with Crippen LogP contribution in [0.3, 0.4) is 0 Å². The fraction of sp³-hybridized carbons (Fsp3) is 0.467. The number of piperidine rings is 1. The first-order valence-electron chi connectivity index (χ1n) is 7.38. The molecule has 3 rings (SSSR count). The molecule has 2 aromatic rings. The van der Waals surface area contributed by atoms with Crippen LogP contribution in [0.1, 0.15) is 31.5 Å². The summed E-state index contributed by atoms with van der Waals surface area (Å²) < 4.78 is 32.0. The second-order valence-electron chi connectivity index (χ2n) is 6.03. The summed E-state index contributed by atoms with van der Waals surface area (Å²) in [5.74, 6) is 1.16. The van der Waals surface area contributed by atoms with E-state index >= 15 is 0 Å². The van der Waals surface area contributed by atoms with Crippen LogP contribution >= 0.6 is 11.6 Å². The van der Waals surface area contributed by atoms with Crippen molar-refractivity contribution in [3.8, 4) is 0 Å². The Kier molecular flexibility index (Phi) is 4.20. The van der Waals surface area contributed by atoms with Gasteiger partial charge in [0.15, 0.2) is 5.82 Å². The molecule has 1 aromatic carbocycles. The van der Waals surface area contributed by atoms with Crippen LogP contribution in [0.15, 0.2) is 33.7 Å². The Bertz CT molecular complexity index is 811. The Balaban J connectivity index is 1.80. The van der Waals surface area contributed by atoms with Crippen LogP contribution in [-0.2, 0) is 15.4 Å². The summed E-state index contributed by atoms with van der Waals surface area (Å²) in [4.78, 5) is 4.45. The Morgan fingerprint density at radius 2 is 1.91 bits per heavy atom. The van der Waals surface area contributed by atoms with Gasteiger partial charge in [0.1, 0.15) is 4.90 Å². The molecule has 0 aliphatic carbocycles. The van der Waals surface area contributed by atoms with Gasteiger partial charge in [0.25, 0.3) is 0 Å². The average molecular weight is 356 g/mol. The van der Waals surface area contributed by atoms with Crippen molar-refractivity contribution in [2.45, 2.75) is 37.0 Å². The highest BCUT2D eigenvalue weighted by Gasteiger charge is 2.39. The maximum atomic E-state index is 12.8. The van der Waals surface area contributed by atoms with Gasteiger partial charge < -0.3 is 4.52 Å². The molecule has 1 aromatic heterocycles. The molecule has 23 heavy (non-hydrogen) atoms. The summed E-state index contributed by atoms with van der Waals surface area (Å²) in [5, 5.41) is 4.24. The average Bonchev–Trinajstić information content (AvgIpc) is 2.95. The Labute approximate surface area is 140 Å². The number of nitrogens with zero attached hydrogens (tertiary/aromatic N) is 3. The van der Waals surface area contributed by atoms with Gasteiger partial charge in [-0.3, -0.25) is 0 Å². The van der Waals surface area contributed by atoms with Crippen molar-refractivity contribution < 1.29 is 12.9 Å². The number of hydrogen-bond donors (Lipinski definition) is 0. The Morgan fingerprint density at radius 3 is 2.48 bits per heavy atom. The van der Waals surface area contributed by atoms with Gasteiger partial charge in [-0.1, -0.05) is 35.8 Å². The molecule has 0 unspecified atom stereocenters. The highest BCUT2D eigenvalue weighted by atomic mass is 35.5. The zero-order chi connectivity index (χ0) is 16.7. The molecular weight excluding hydrogens is 338 g/mol. The zero-order valence-electron chi connectivity index (χ0n) is 13.0. The molecule has 0 bridgehead atoms. The van der Waals surface area contributed by atoms with Gasteiger partial charge in [-0.2, -0.15) is 9.29 Å². The van der Waals surface area contributed by atoms with E-state index in [1.165, 1.54) is 10.4 Å². The van der Waals surface area contributed by atoms with Gasteiger partial charge in [-0.05, 0) is 25.0 Å². The van der Waals surface area contributed by atoms with Gasteiger partial charge in [-0.15, -0.1) is 0 Å². The van der Waals surface area contributed by atoms with Crippen molar-refractivity contribution in [3.05, 3.63) is 41.0 Å². The van der Waals surface area contributed by atoms with Crippen LogP contribution in [0.4, 0.5) is 0 Å². The van der Waals surface area contributed by atoms with Crippen LogP contribution in [0.5, 0.6) is 0 Å². The number of benzene rings is 1. The quantitative estimate of drug-likeness (QED) is 0.846. The summed E-state index contributed by atoms with van der Waals surface area (Å²) in [6.07, 6.45) is 1.27. The minimum atomic E-state index is -3.58. The fourth-order valence-electron chi connectivity index (χ4n) is 2.78. The van der Waals surface area contributed by atoms with Gasteiger partial charge >= 0.3 is 0 Å². The number of rotatable bonds is 3. The Morgan fingerprint density at radius 1 is 1.26 bits per heavy atom. The normalized spacial score (nSPS) is 18.9. The molecule has 2 heterocycles. The fourth-order valence-corrected chi connectivity index (χ4v) is 4.72. The lowest BCUT2D eigenvalue weighted by Gasteiger charge is -2.36. The predicted molar refractivity (Wildman–Crippen MR) is 85.8 cm³/mol. The first-order chi connectivity index (χ1) is 10.8. The summed E-state index contributed by atoms with van der Waals surface area (Å²) in [5.41, 5.74) is -0.274. The molecule has 0 N–H and O–H groups in total. The molecule has 8 heteroatoms. The maximum absolute atomic E-state index is 12.8. The molecule has 0 saturated carbocycles. The number of sulfonamides is 1. The SMILES string of the molecule is Cc1nc(C2(C)CCN(S(=O)(=O)c3ccccc3Cl)CC2)no1. The molecule has 0 spiro atoms. The summed E-state index contributed by atoms with van der Waals surface area (Å²) in [6, 6.07) is 6.51. The van der Waals surface area contributed by atoms with E-state index in [-0.39, 0.29) is 15.3 Å². The summed E-state index contributed by atoms with van der Waals surface area (Å²) >= 11 is 6.04. The third-order valence-corrected chi connectivity index (χ3v) is 6.75.